The highest BCUT2D eigenvalue weighted by Crippen LogP contribution is 2.34. The van der Waals surface area contributed by atoms with Crippen LogP contribution < -0.4 is 10.2 Å². The van der Waals surface area contributed by atoms with Gasteiger partial charge in [0.2, 0.25) is 5.95 Å². The average Bonchev–Trinajstić information content (AvgIpc) is 2.57. The Morgan fingerprint density at radius 3 is 2.52 bits per heavy atom. The van der Waals surface area contributed by atoms with E-state index in [2.05, 4.69) is 20.2 Å². The van der Waals surface area contributed by atoms with Crippen molar-refractivity contribution in [3.8, 4) is 0 Å². The van der Waals surface area contributed by atoms with Crippen LogP contribution in [0.1, 0.15) is 5.56 Å². The number of hydrogen-bond donors (Lipinski definition) is 1. The van der Waals surface area contributed by atoms with Crippen LogP contribution in [0.3, 0.4) is 0 Å². The summed E-state index contributed by atoms with van der Waals surface area (Å²) in [6.07, 6.45) is -2.86. The van der Waals surface area contributed by atoms with Crippen molar-refractivity contribution in [3.63, 3.8) is 0 Å². The first-order valence-electron chi connectivity index (χ1n) is 7.73. The molecule has 1 aliphatic heterocycles. The van der Waals surface area contributed by atoms with Crippen molar-refractivity contribution in [2.75, 3.05) is 43.4 Å². The number of nitrogens with one attached hydrogen (secondary N) is 1. The molecular weight excluding hydrogens is 355 g/mol. The van der Waals surface area contributed by atoms with E-state index in [1.165, 1.54) is 6.07 Å². The summed E-state index contributed by atoms with van der Waals surface area (Å²) in [5.41, 5.74) is -0.618. The molecule has 1 fully saturated rings. The van der Waals surface area contributed by atoms with Crippen LogP contribution in [0, 0.1) is 0 Å². The monoisotopic (exact) mass is 371 g/mol. The third kappa shape index (κ3) is 4.32. The fourth-order valence-electron chi connectivity index (χ4n) is 2.51. The lowest BCUT2D eigenvalue weighted by Gasteiger charge is -2.32. The van der Waals surface area contributed by atoms with Gasteiger partial charge in [-0.05, 0) is 31.3 Å². The first kappa shape index (κ1) is 17.8. The summed E-state index contributed by atoms with van der Waals surface area (Å²) in [5.74, 6) is 0.936. The highest BCUT2D eigenvalue weighted by atomic mass is 35.5. The maximum Gasteiger partial charge on any atom is 0.416 e. The molecule has 0 saturated carbocycles. The van der Waals surface area contributed by atoms with E-state index in [9.17, 15) is 13.2 Å². The molecule has 2 aromatic rings. The minimum atomic E-state index is -4.43. The molecule has 0 amide bonds. The Labute approximate surface area is 148 Å². The van der Waals surface area contributed by atoms with Gasteiger partial charge in [-0.1, -0.05) is 11.6 Å². The molecule has 3 rings (SSSR count). The summed E-state index contributed by atoms with van der Waals surface area (Å²) in [6, 6.07) is 4.73. The molecule has 1 N–H and O–H groups in total. The second-order valence-electron chi connectivity index (χ2n) is 5.85. The predicted molar refractivity (Wildman–Crippen MR) is 91.5 cm³/mol. The molecule has 1 saturated heterocycles. The zero-order valence-corrected chi connectivity index (χ0v) is 14.3. The van der Waals surface area contributed by atoms with Crippen molar-refractivity contribution >= 4 is 29.1 Å². The van der Waals surface area contributed by atoms with Crippen LogP contribution in [-0.2, 0) is 6.18 Å². The molecule has 5 nitrogen and oxygen atoms in total. The summed E-state index contributed by atoms with van der Waals surface area (Å²) in [5, 5.41) is 3.04. The number of anilines is 3. The van der Waals surface area contributed by atoms with Gasteiger partial charge in [0.1, 0.15) is 5.82 Å². The van der Waals surface area contributed by atoms with E-state index >= 15 is 0 Å². The lowest BCUT2D eigenvalue weighted by molar-refractivity contribution is -0.137. The fraction of sp³-hybridized carbons (Fsp3) is 0.375. The minimum Gasteiger partial charge on any atom is -0.339 e. The molecule has 1 aromatic heterocycles. The quantitative estimate of drug-likeness (QED) is 0.892. The Kier molecular flexibility index (Phi) is 5.01. The van der Waals surface area contributed by atoms with Crippen LogP contribution in [0.25, 0.3) is 0 Å². The number of likely N-dealkylation sites (N-methyl/N-ethyl adjacent to an activating group) is 1. The maximum atomic E-state index is 12.9. The number of piperazine rings is 1. The highest BCUT2D eigenvalue weighted by molar-refractivity contribution is 6.33. The average molecular weight is 372 g/mol. The number of benzene rings is 1. The second kappa shape index (κ2) is 7.05. The molecule has 9 heteroatoms. The largest absolute Gasteiger partial charge is 0.416 e. The van der Waals surface area contributed by atoms with Gasteiger partial charge >= 0.3 is 6.18 Å². The van der Waals surface area contributed by atoms with Gasteiger partial charge in [0, 0.05) is 32.4 Å². The molecule has 1 aliphatic rings. The molecule has 2 heterocycles. The van der Waals surface area contributed by atoms with E-state index in [0.29, 0.717) is 11.8 Å². The van der Waals surface area contributed by atoms with Crippen molar-refractivity contribution < 1.29 is 13.2 Å². The molecule has 0 unspecified atom stereocenters. The van der Waals surface area contributed by atoms with Crippen molar-refractivity contribution in [2.45, 2.75) is 6.18 Å². The van der Waals surface area contributed by atoms with Gasteiger partial charge in [-0.15, -0.1) is 0 Å². The van der Waals surface area contributed by atoms with Crippen LogP contribution in [0.2, 0.25) is 5.02 Å². The van der Waals surface area contributed by atoms with Crippen LogP contribution in [0.5, 0.6) is 0 Å². The Bertz CT molecular complexity index is 745. The molecule has 0 radical (unpaired) electrons. The Balaban J connectivity index is 1.81. The molecule has 0 spiro atoms. The van der Waals surface area contributed by atoms with Crippen molar-refractivity contribution in [2.24, 2.45) is 0 Å². The topological polar surface area (TPSA) is 44.3 Å². The molecular formula is C16H17ClF3N5. The summed E-state index contributed by atoms with van der Waals surface area (Å²) >= 11 is 6.01. The van der Waals surface area contributed by atoms with E-state index in [0.717, 1.165) is 38.3 Å². The number of rotatable bonds is 3. The van der Waals surface area contributed by atoms with Gasteiger partial charge in [0.05, 0.1) is 16.3 Å². The lowest BCUT2D eigenvalue weighted by atomic mass is 10.2. The molecule has 0 atom stereocenters. The zero-order valence-electron chi connectivity index (χ0n) is 13.5. The van der Waals surface area contributed by atoms with Crippen molar-refractivity contribution in [1.29, 1.82) is 0 Å². The van der Waals surface area contributed by atoms with E-state index in [1.807, 2.05) is 11.9 Å². The number of aromatic nitrogens is 2. The van der Waals surface area contributed by atoms with Crippen LogP contribution in [0.15, 0.2) is 30.5 Å². The smallest absolute Gasteiger partial charge is 0.339 e. The molecule has 25 heavy (non-hydrogen) atoms. The van der Waals surface area contributed by atoms with Gasteiger partial charge < -0.3 is 15.1 Å². The minimum absolute atomic E-state index is 0.152. The molecule has 0 bridgehead atoms. The van der Waals surface area contributed by atoms with Gasteiger partial charge in [0.25, 0.3) is 0 Å². The first-order valence-corrected chi connectivity index (χ1v) is 8.11. The second-order valence-corrected chi connectivity index (χ2v) is 6.26. The van der Waals surface area contributed by atoms with Crippen molar-refractivity contribution in [3.05, 3.63) is 41.0 Å². The standard InChI is InChI=1S/C16H17ClF3N5/c1-24-6-8-25(9-7-24)15-21-5-4-14(23-15)22-13-10-11(16(18,19)20)2-3-12(13)17/h2-5,10H,6-9H2,1H3,(H,21,22,23). The molecule has 134 valence electrons. The number of nitrogens with zero attached hydrogens (tertiary/aromatic N) is 4. The van der Waals surface area contributed by atoms with Gasteiger partial charge in [-0.2, -0.15) is 18.2 Å². The maximum absolute atomic E-state index is 12.9. The van der Waals surface area contributed by atoms with Gasteiger partial charge in [-0.3, -0.25) is 0 Å². The van der Waals surface area contributed by atoms with Crippen LogP contribution >= 0.6 is 11.6 Å². The zero-order chi connectivity index (χ0) is 18.0. The van der Waals surface area contributed by atoms with Crippen molar-refractivity contribution in [1.82, 2.24) is 14.9 Å². The first-order chi connectivity index (χ1) is 11.8. The van der Waals surface area contributed by atoms with Crippen LogP contribution in [0.4, 0.5) is 30.6 Å². The fourth-order valence-corrected chi connectivity index (χ4v) is 2.68. The molecule has 0 aliphatic carbocycles. The third-order valence-electron chi connectivity index (χ3n) is 3.99. The normalized spacial score (nSPS) is 16.1. The lowest BCUT2D eigenvalue weighted by Crippen LogP contribution is -2.45. The third-order valence-corrected chi connectivity index (χ3v) is 4.31. The van der Waals surface area contributed by atoms with E-state index in [1.54, 1.807) is 12.3 Å². The van der Waals surface area contributed by atoms with E-state index < -0.39 is 11.7 Å². The Morgan fingerprint density at radius 1 is 1.12 bits per heavy atom. The number of alkyl halides is 3. The summed E-state index contributed by atoms with van der Waals surface area (Å²) < 4.78 is 38.6. The summed E-state index contributed by atoms with van der Waals surface area (Å²) in [6.45, 7) is 3.40. The highest BCUT2D eigenvalue weighted by Gasteiger charge is 2.31. The van der Waals surface area contributed by atoms with Gasteiger partial charge in [0.15, 0.2) is 0 Å². The summed E-state index contributed by atoms with van der Waals surface area (Å²) in [7, 11) is 2.05. The van der Waals surface area contributed by atoms with Crippen LogP contribution in [-0.4, -0.2) is 48.1 Å². The van der Waals surface area contributed by atoms with E-state index in [4.69, 9.17) is 11.6 Å². The SMILES string of the molecule is CN1CCN(c2nccc(Nc3cc(C(F)(F)F)ccc3Cl)n2)CC1. The predicted octanol–water partition coefficient (Wildman–Crippen LogP) is 3.64. The Morgan fingerprint density at radius 2 is 1.84 bits per heavy atom. The Hall–Kier alpha value is -2.06. The summed E-state index contributed by atoms with van der Waals surface area (Å²) in [4.78, 5) is 12.9. The number of halogens is 4. The molecule has 1 aromatic carbocycles. The number of hydrogen-bond acceptors (Lipinski definition) is 5. The van der Waals surface area contributed by atoms with Gasteiger partial charge in [-0.25, -0.2) is 4.98 Å². The van der Waals surface area contributed by atoms with E-state index in [-0.39, 0.29) is 10.7 Å².